The van der Waals surface area contributed by atoms with Gasteiger partial charge in [-0.25, -0.2) is 0 Å². The van der Waals surface area contributed by atoms with Gasteiger partial charge >= 0.3 is 0 Å². The molecule has 0 heterocycles. The Labute approximate surface area is 136 Å². The quantitative estimate of drug-likeness (QED) is 0.768. The number of rotatable bonds is 1. The molecule has 0 aliphatic heterocycles. The summed E-state index contributed by atoms with van der Waals surface area (Å²) in [6.45, 7) is 5.18. The van der Waals surface area contributed by atoms with Crippen LogP contribution in [0.1, 0.15) is 71.6 Å². The van der Waals surface area contributed by atoms with E-state index in [0.29, 0.717) is 10.8 Å². The zero-order valence-corrected chi connectivity index (χ0v) is 14.8. The minimum Gasteiger partial charge on any atom is -0.393 e. The predicted octanol–water partition coefficient (Wildman–Crippen LogP) is 3.98. The molecule has 2 N–H and O–H groups in total. The van der Waals surface area contributed by atoms with Crippen LogP contribution in [0.5, 0.6) is 0 Å². The monoisotopic (exact) mass is 305 g/mol. The Hall–Kier alpha value is -0.0800. The van der Waals surface area contributed by atoms with Gasteiger partial charge in [-0.3, -0.25) is 0 Å². The molecule has 0 amide bonds. The van der Waals surface area contributed by atoms with E-state index < -0.39 is 0 Å². The summed E-state index contributed by atoms with van der Waals surface area (Å²) in [7, 11) is 2.17. The molecule has 0 bridgehead atoms. The van der Waals surface area contributed by atoms with Gasteiger partial charge in [0.05, 0.1) is 6.10 Å². The van der Waals surface area contributed by atoms with Crippen molar-refractivity contribution in [3.05, 3.63) is 0 Å². The molecule has 4 rings (SSSR count). The van der Waals surface area contributed by atoms with Crippen LogP contribution in [0.25, 0.3) is 0 Å². The molecule has 4 fully saturated rings. The van der Waals surface area contributed by atoms with Gasteiger partial charge in [-0.2, -0.15) is 0 Å². The second kappa shape index (κ2) is 5.21. The SMILES string of the molecule is CN[C@@H]1CC[C@@H]2[C@H]3CC[C@H]4C[C@H](O)CC[C@]4(C)[C@H]3CC[C@@]21C. The predicted molar refractivity (Wildman–Crippen MR) is 90.6 cm³/mol. The Morgan fingerprint density at radius 1 is 0.864 bits per heavy atom. The van der Waals surface area contributed by atoms with Crippen molar-refractivity contribution in [3.8, 4) is 0 Å². The molecule has 0 aromatic carbocycles. The molecule has 0 aromatic rings. The normalized spacial score (nSPS) is 57.8. The van der Waals surface area contributed by atoms with Crippen LogP contribution in [0.3, 0.4) is 0 Å². The van der Waals surface area contributed by atoms with E-state index in [1.165, 1.54) is 44.9 Å². The zero-order chi connectivity index (χ0) is 15.5. The lowest BCUT2D eigenvalue weighted by Crippen LogP contribution is -2.55. The minimum atomic E-state index is -0.0105. The molecule has 22 heavy (non-hydrogen) atoms. The number of hydrogen-bond donors (Lipinski definition) is 2. The molecule has 2 nitrogen and oxygen atoms in total. The highest BCUT2D eigenvalue weighted by molar-refractivity contribution is 5.10. The van der Waals surface area contributed by atoms with Crippen molar-refractivity contribution < 1.29 is 5.11 Å². The molecule has 0 radical (unpaired) electrons. The van der Waals surface area contributed by atoms with Crippen LogP contribution >= 0.6 is 0 Å². The molecule has 4 saturated carbocycles. The molecule has 8 atom stereocenters. The van der Waals surface area contributed by atoms with Crippen LogP contribution in [0.15, 0.2) is 0 Å². The van der Waals surface area contributed by atoms with Gasteiger partial charge in [0.2, 0.25) is 0 Å². The molecule has 0 unspecified atom stereocenters. The van der Waals surface area contributed by atoms with Gasteiger partial charge in [0.1, 0.15) is 0 Å². The molecule has 0 spiro atoms. The minimum absolute atomic E-state index is 0.0105. The van der Waals surface area contributed by atoms with Crippen molar-refractivity contribution in [3.63, 3.8) is 0 Å². The molecule has 126 valence electrons. The van der Waals surface area contributed by atoms with Crippen LogP contribution in [0.2, 0.25) is 0 Å². The second-order valence-electron chi connectivity index (χ2n) is 9.55. The lowest BCUT2D eigenvalue weighted by molar-refractivity contribution is -0.123. The average Bonchev–Trinajstić information content (AvgIpc) is 2.84. The highest BCUT2D eigenvalue weighted by Crippen LogP contribution is 2.66. The van der Waals surface area contributed by atoms with E-state index in [2.05, 4.69) is 26.2 Å². The van der Waals surface area contributed by atoms with Crippen LogP contribution in [0, 0.1) is 34.5 Å². The Bertz CT molecular complexity index is 437. The van der Waals surface area contributed by atoms with Crippen LogP contribution in [0.4, 0.5) is 0 Å². The fourth-order valence-electron chi connectivity index (χ4n) is 7.71. The van der Waals surface area contributed by atoms with Crippen LogP contribution in [-0.4, -0.2) is 24.3 Å². The summed E-state index contributed by atoms with van der Waals surface area (Å²) >= 11 is 0. The molecule has 4 aliphatic rings. The Kier molecular flexibility index (Phi) is 3.66. The summed E-state index contributed by atoms with van der Waals surface area (Å²) in [4.78, 5) is 0. The lowest BCUT2D eigenvalue weighted by Gasteiger charge is -2.61. The molecular formula is C20H35NO. The van der Waals surface area contributed by atoms with Gasteiger partial charge in [-0.05, 0) is 99.3 Å². The first-order valence-corrected chi connectivity index (χ1v) is 9.84. The third-order valence-corrected chi connectivity index (χ3v) is 8.99. The molecule has 4 aliphatic carbocycles. The van der Waals surface area contributed by atoms with Gasteiger partial charge in [0.25, 0.3) is 0 Å². The zero-order valence-electron chi connectivity index (χ0n) is 14.8. The van der Waals surface area contributed by atoms with E-state index in [0.717, 1.165) is 42.6 Å². The summed E-state index contributed by atoms with van der Waals surface area (Å²) in [5, 5.41) is 13.7. The number of aliphatic hydroxyl groups excluding tert-OH is 1. The highest BCUT2D eigenvalue weighted by Gasteiger charge is 2.59. The van der Waals surface area contributed by atoms with E-state index in [1.54, 1.807) is 0 Å². The maximum Gasteiger partial charge on any atom is 0.0543 e. The summed E-state index contributed by atoms with van der Waals surface area (Å²) in [5.41, 5.74) is 1.08. The van der Waals surface area contributed by atoms with Crippen molar-refractivity contribution in [2.45, 2.75) is 83.8 Å². The van der Waals surface area contributed by atoms with E-state index in [9.17, 15) is 5.11 Å². The molecule has 0 aromatic heterocycles. The summed E-state index contributed by atoms with van der Waals surface area (Å²) in [6.07, 6.45) is 11.9. The van der Waals surface area contributed by atoms with Gasteiger partial charge < -0.3 is 10.4 Å². The Balaban J connectivity index is 1.61. The number of fused-ring (bicyclic) bond motifs is 5. The van der Waals surface area contributed by atoms with Gasteiger partial charge in [0, 0.05) is 6.04 Å². The number of nitrogens with one attached hydrogen (secondary N) is 1. The van der Waals surface area contributed by atoms with Crippen molar-refractivity contribution in [2.24, 2.45) is 34.5 Å². The summed E-state index contributed by atoms with van der Waals surface area (Å²) in [6, 6.07) is 0.747. The first kappa shape index (κ1) is 15.4. The van der Waals surface area contributed by atoms with Gasteiger partial charge in [-0.1, -0.05) is 13.8 Å². The average molecular weight is 306 g/mol. The summed E-state index contributed by atoms with van der Waals surface area (Å²) < 4.78 is 0. The van der Waals surface area contributed by atoms with Crippen molar-refractivity contribution in [1.29, 1.82) is 0 Å². The van der Waals surface area contributed by atoms with Crippen molar-refractivity contribution >= 4 is 0 Å². The van der Waals surface area contributed by atoms with E-state index >= 15 is 0 Å². The molecule has 2 heteroatoms. The standard InChI is InChI=1S/C20H35NO/c1-19-10-8-14(22)12-13(19)4-5-15-16-6-7-18(21-3)20(16,2)11-9-17(15)19/h13-18,21-22H,4-12H2,1-3H3/t13-,14+,15+,16+,17-,18+,19-,20-/m0/s1. The van der Waals surface area contributed by atoms with Crippen LogP contribution in [-0.2, 0) is 0 Å². The highest BCUT2D eigenvalue weighted by atomic mass is 16.3. The maximum atomic E-state index is 10.1. The lowest BCUT2D eigenvalue weighted by atomic mass is 9.45. The van der Waals surface area contributed by atoms with Gasteiger partial charge in [-0.15, -0.1) is 0 Å². The first-order valence-electron chi connectivity index (χ1n) is 9.84. The van der Waals surface area contributed by atoms with E-state index in [-0.39, 0.29) is 6.10 Å². The summed E-state index contributed by atoms with van der Waals surface area (Å²) in [5.74, 6) is 3.65. The topological polar surface area (TPSA) is 32.3 Å². The smallest absolute Gasteiger partial charge is 0.0543 e. The first-order chi connectivity index (χ1) is 10.5. The molecule has 0 saturated heterocycles. The molecular weight excluding hydrogens is 270 g/mol. The third-order valence-electron chi connectivity index (χ3n) is 8.99. The number of aliphatic hydroxyl groups is 1. The van der Waals surface area contributed by atoms with Crippen LogP contribution < -0.4 is 5.32 Å². The Morgan fingerprint density at radius 2 is 1.59 bits per heavy atom. The second-order valence-corrected chi connectivity index (χ2v) is 9.55. The van der Waals surface area contributed by atoms with Crippen molar-refractivity contribution in [2.75, 3.05) is 7.05 Å². The van der Waals surface area contributed by atoms with Crippen molar-refractivity contribution in [1.82, 2.24) is 5.32 Å². The largest absolute Gasteiger partial charge is 0.393 e. The fraction of sp³-hybridized carbons (Fsp3) is 1.00. The fourth-order valence-corrected chi connectivity index (χ4v) is 7.71. The number of hydrogen-bond acceptors (Lipinski definition) is 2. The van der Waals surface area contributed by atoms with Gasteiger partial charge in [0.15, 0.2) is 0 Å². The Morgan fingerprint density at radius 3 is 2.36 bits per heavy atom. The maximum absolute atomic E-state index is 10.1. The van der Waals surface area contributed by atoms with E-state index in [4.69, 9.17) is 0 Å². The third kappa shape index (κ3) is 1.99. The van der Waals surface area contributed by atoms with E-state index in [1.807, 2.05) is 0 Å².